The smallest absolute Gasteiger partial charge is 0.227 e. The molecule has 1 aliphatic heterocycles. The van der Waals surface area contributed by atoms with Gasteiger partial charge >= 0.3 is 0 Å². The fraction of sp³-hybridized carbons (Fsp3) is 0.385. The van der Waals surface area contributed by atoms with E-state index < -0.39 is 0 Å². The molecule has 0 radical (unpaired) electrons. The van der Waals surface area contributed by atoms with Crippen LogP contribution in [0.5, 0.6) is 5.75 Å². The van der Waals surface area contributed by atoms with E-state index in [2.05, 4.69) is 15.5 Å². The van der Waals surface area contributed by atoms with Crippen LogP contribution in [0, 0.1) is 5.92 Å². The lowest BCUT2D eigenvalue weighted by Crippen LogP contribution is -2.43. The highest BCUT2D eigenvalue weighted by Crippen LogP contribution is 2.27. The molecule has 5 nitrogen and oxygen atoms in total. The highest BCUT2D eigenvalue weighted by molar-refractivity contribution is 5.63. The lowest BCUT2D eigenvalue weighted by molar-refractivity contribution is 0.296. The van der Waals surface area contributed by atoms with Gasteiger partial charge in [0.25, 0.3) is 0 Å². The van der Waals surface area contributed by atoms with Gasteiger partial charge in [-0.25, -0.2) is 0 Å². The van der Waals surface area contributed by atoms with E-state index in [4.69, 9.17) is 9.26 Å². The van der Waals surface area contributed by atoms with Gasteiger partial charge < -0.3 is 14.6 Å². The molecule has 2 heterocycles. The zero-order chi connectivity index (χ0) is 12.4. The molecule has 1 saturated heterocycles. The van der Waals surface area contributed by atoms with Crippen molar-refractivity contribution in [3.8, 4) is 17.1 Å². The first-order valence-electron chi connectivity index (χ1n) is 6.03. The molecule has 0 unspecified atom stereocenters. The second-order valence-electron chi connectivity index (χ2n) is 4.44. The Labute approximate surface area is 105 Å². The maximum Gasteiger partial charge on any atom is 0.227 e. The van der Waals surface area contributed by atoms with Gasteiger partial charge in [0.05, 0.1) is 12.7 Å². The van der Waals surface area contributed by atoms with Crippen molar-refractivity contribution in [3.05, 3.63) is 30.2 Å². The third kappa shape index (κ3) is 2.09. The normalized spacial score (nSPS) is 15.4. The fourth-order valence-corrected chi connectivity index (χ4v) is 2.02. The lowest BCUT2D eigenvalue weighted by atomic mass is 10.00. The molecule has 0 amide bonds. The molecule has 3 rings (SSSR count). The molecule has 1 fully saturated rings. The summed E-state index contributed by atoms with van der Waals surface area (Å²) < 4.78 is 10.6. The number of nitrogens with one attached hydrogen (secondary N) is 1. The summed E-state index contributed by atoms with van der Waals surface area (Å²) in [5.41, 5.74) is 0.863. The number of nitrogens with zero attached hydrogens (tertiary/aromatic N) is 2. The third-order valence-corrected chi connectivity index (χ3v) is 3.15. The van der Waals surface area contributed by atoms with Crippen LogP contribution in [-0.4, -0.2) is 30.3 Å². The molecule has 1 N–H and O–H groups in total. The Kier molecular flexibility index (Phi) is 2.98. The summed E-state index contributed by atoms with van der Waals surface area (Å²) in [4.78, 5) is 4.43. The van der Waals surface area contributed by atoms with Crippen LogP contribution in [0.4, 0.5) is 0 Å². The van der Waals surface area contributed by atoms with Crippen LogP contribution in [0.25, 0.3) is 11.4 Å². The summed E-state index contributed by atoms with van der Waals surface area (Å²) in [6.07, 6.45) is 0.842. The summed E-state index contributed by atoms with van der Waals surface area (Å²) in [6, 6.07) is 7.67. The lowest BCUT2D eigenvalue weighted by Gasteiger charge is -2.25. The molecule has 1 aromatic heterocycles. The Balaban J connectivity index is 1.83. The van der Waals surface area contributed by atoms with E-state index in [1.807, 2.05) is 24.3 Å². The van der Waals surface area contributed by atoms with Gasteiger partial charge in [-0.1, -0.05) is 17.3 Å². The van der Waals surface area contributed by atoms with Crippen LogP contribution in [0.15, 0.2) is 28.8 Å². The first-order chi connectivity index (χ1) is 8.86. The van der Waals surface area contributed by atoms with Crippen LogP contribution in [0.1, 0.15) is 5.89 Å². The van der Waals surface area contributed by atoms with Crippen molar-refractivity contribution in [1.82, 2.24) is 15.5 Å². The second kappa shape index (κ2) is 4.78. The van der Waals surface area contributed by atoms with E-state index in [0.29, 0.717) is 17.6 Å². The highest BCUT2D eigenvalue weighted by atomic mass is 16.5. The van der Waals surface area contributed by atoms with Gasteiger partial charge in [-0.3, -0.25) is 0 Å². The first-order valence-corrected chi connectivity index (χ1v) is 6.03. The molecule has 2 aromatic rings. The third-order valence-electron chi connectivity index (χ3n) is 3.15. The number of hydrogen-bond acceptors (Lipinski definition) is 5. The summed E-state index contributed by atoms with van der Waals surface area (Å²) in [7, 11) is 1.64. The van der Waals surface area contributed by atoms with E-state index in [-0.39, 0.29) is 0 Å². The Morgan fingerprint density at radius 1 is 1.39 bits per heavy atom. The van der Waals surface area contributed by atoms with Crippen LogP contribution in [0.3, 0.4) is 0 Å². The predicted molar refractivity (Wildman–Crippen MR) is 66.3 cm³/mol. The van der Waals surface area contributed by atoms with Crippen LogP contribution < -0.4 is 10.1 Å². The SMILES string of the molecule is COc1ccccc1-c1noc(CC2CNC2)n1. The molecule has 0 spiro atoms. The van der Waals surface area contributed by atoms with Gasteiger partial charge in [-0.05, 0) is 31.1 Å². The Bertz CT molecular complexity index is 535. The maximum absolute atomic E-state index is 5.29. The zero-order valence-corrected chi connectivity index (χ0v) is 10.2. The number of aromatic nitrogens is 2. The van der Waals surface area contributed by atoms with Crippen LogP contribution in [0.2, 0.25) is 0 Å². The van der Waals surface area contributed by atoms with Gasteiger partial charge in [0, 0.05) is 6.42 Å². The molecular formula is C13H15N3O2. The molecule has 5 heteroatoms. The van der Waals surface area contributed by atoms with E-state index >= 15 is 0 Å². The molecule has 0 saturated carbocycles. The fourth-order valence-electron chi connectivity index (χ4n) is 2.02. The van der Waals surface area contributed by atoms with E-state index in [0.717, 1.165) is 30.8 Å². The number of ether oxygens (including phenoxy) is 1. The summed E-state index contributed by atoms with van der Waals surface area (Å²) in [6.45, 7) is 2.07. The summed E-state index contributed by atoms with van der Waals surface area (Å²) in [5.74, 6) is 2.67. The molecule has 0 bridgehead atoms. The van der Waals surface area contributed by atoms with Crippen molar-refractivity contribution in [3.63, 3.8) is 0 Å². The van der Waals surface area contributed by atoms with Crippen molar-refractivity contribution < 1.29 is 9.26 Å². The minimum Gasteiger partial charge on any atom is -0.496 e. The predicted octanol–water partition coefficient (Wildman–Crippen LogP) is 1.51. The quantitative estimate of drug-likeness (QED) is 0.884. The van der Waals surface area contributed by atoms with Gasteiger partial charge in [0.15, 0.2) is 0 Å². The molecular weight excluding hydrogens is 230 g/mol. The number of para-hydroxylation sites is 1. The Morgan fingerprint density at radius 2 is 2.22 bits per heavy atom. The first kappa shape index (κ1) is 11.2. The van der Waals surface area contributed by atoms with Crippen molar-refractivity contribution in [2.24, 2.45) is 5.92 Å². The second-order valence-corrected chi connectivity index (χ2v) is 4.44. The monoisotopic (exact) mass is 245 g/mol. The Hall–Kier alpha value is -1.88. The molecule has 18 heavy (non-hydrogen) atoms. The minimum absolute atomic E-state index is 0.592. The largest absolute Gasteiger partial charge is 0.496 e. The van der Waals surface area contributed by atoms with Gasteiger partial charge in [0.1, 0.15) is 5.75 Å². The van der Waals surface area contributed by atoms with Gasteiger partial charge in [-0.15, -0.1) is 0 Å². The van der Waals surface area contributed by atoms with Gasteiger partial charge in [-0.2, -0.15) is 4.98 Å². The van der Waals surface area contributed by atoms with Crippen molar-refractivity contribution in [1.29, 1.82) is 0 Å². The molecule has 94 valence electrons. The number of hydrogen-bond donors (Lipinski definition) is 1. The minimum atomic E-state index is 0.592. The van der Waals surface area contributed by atoms with Gasteiger partial charge in [0.2, 0.25) is 11.7 Å². The number of benzene rings is 1. The standard InChI is InChI=1S/C13H15N3O2/c1-17-11-5-3-2-4-10(11)13-15-12(18-16-13)6-9-7-14-8-9/h2-5,9,14H,6-8H2,1H3. The Morgan fingerprint density at radius 3 is 2.94 bits per heavy atom. The van der Waals surface area contributed by atoms with Crippen LogP contribution >= 0.6 is 0 Å². The van der Waals surface area contributed by atoms with Crippen LogP contribution in [-0.2, 0) is 6.42 Å². The molecule has 1 aliphatic rings. The molecule has 1 aromatic carbocycles. The van der Waals surface area contributed by atoms with E-state index in [1.54, 1.807) is 7.11 Å². The average molecular weight is 245 g/mol. The summed E-state index contributed by atoms with van der Waals surface area (Å²) in [5, 5.41) is 7.25. The highest BCUT2D eigenvalue weighted by Gasteiger charge is 2.21. The number of rotatable bonds is 4. The van der Waals surface area contributed by atoms with Crippen molar-refractivity contribution in [2.75, 3.05) is 20.2 Å². The summed E-state index contributed by atoms with van der Waals surface area (Å²) >= 11 is 0. The average Bonchev–Trinajstić information content (AvgIpc) is 2.82. The molecule has 0 atom stereocenters. The van der Waals surface area contributed by atoms with E-state index in [1.165, 1.54) is 0 Å². The topological polar surface area (TPSA) is 60.2 Å². The zero-order valence-electron chi connectivity index (χ0n) is 10.2. The maximum atomic E-state index is 5.29. The van der Waals surface area contributed by atoms with Crippen molar-refractivity contribution in [2.45, 2.75) is 6.42 Å². The molecule has 0 aliphatic carbocycles. The number of methoxy groups -OCH3 is 1. The van der Waals surface area contributed by atoms with E-state index in [9.17, 15) is 0 Å². The van der Waals surface area contributed by atoms with Crippen molar-refractivity contribution >= 4 is 0 Å².